The van der Waals surface area contributed by atoms with E-state index in [0.717, 1.165) is 6.54 Å². The maximum Gasteiger partial charge on any atom is 0.0897 e. The van der Waals surface area contributed by atoms with Gasteiger partial charge in [0.2, 0.25) is 0 Å². The number of aliphatic hydroxyl groups excluding tert-OH is 1. The van der Waals surface area contributed by atoms with Gasteiger partial charge in [-0.15, -0.1) is 0 Å². The second kappa shape index (κ2) is 10.5. The maximum absolute atomic E-state index is 9.78. The summed E-state index contributed by atoms with van der Waals surface area (Å²) in [6.45, 7) is 12.7. The lowest BCUT2D eigenvalue weighted by molar-refractivity contribution is 0.00632. The number of nitrogens with zero attached hydrogens (tertiary/aromatic N) is 1. The van der Waals surface area contributed by atoms with Crippen LogP contribution in [0.15, 0.2) is 0 Å². The van der Waals surface area contributed by atoms with E-state index in [0.29, 0.717) is 44.9 Å². The first-order valence-electron chi connectivity index (χ1n) is 7.91. The Morgan fingerprint density at radius 1 is 1.30 bits per heavy atom. The predicted octanol–water partition coefficient (Wildman–Crippen LogP) is 0.720. The van der Waals surface area contributed by atoms with Crippen molar-refractivity contribution in [1.82, 2.24) is 10.2 Å². The number of rotatable bonds is 11. The van der Waals surface area contributed by atoms with E-state index in [-0.39, 0.29) is 0 Å². The molecule has 1 fully saturated rings. The molecule has 1 heterocycles. The Kier molecular flexibility index (Phi) is 9.39. The number of likely N-dealkylation sites (tertiary alicyclic amines) is 1. The predicted molar refractivity (Wildman–Crippen MR) is 81.0 cm³/mol. The largest absolute Gasteiger partial charge is 0.389 e. The van der Waals surface area contributed by atoms with Crippen LogP contribution in [0.4, 0.5) is 0 Å². The molecule has 120 valence electrons. The molecular weight excluding hydrogens is 256 g/mol. The average molecular weight is 288 g/mol. The summed E-state index contributed by atoms with van der Waals surface area (Å²) < 4.78 is 10.5. The summed E-state index contributed by atoms with van der Waals surface area (Å²) in [5, 5.41) is 13.1. The third-order valence-corrected chi connectivity index (χ3v) is 3.75. The van der Waals surface area contributed by atoms with Crippen LogP contribution in [0.3, 0.4) is 0 Å². The minimum absolute atomic E-state index is 0.378. The van der Waals surface area contributed by atoms with Crippen LogP contribution in [0.5, 0.6) is 0 Å². The van der Waals surface area contributed by atoms with Crippen molar-refractivity contribution in [2.75, 3.05) is 52.6 Å². The van der Waals surface area contributed by atoms with Crippen molar-refractivity contribution in [2.24, 2.45) is 5.92 Å². The van der Waals surface area contributed by atoms with E-state index >= 15 is 0 Å². The van der Waals surface area contributed by atoms with Crippen molar-refractivity contribution in [3.8, 4) is 0 Å². The highest BCUT2D eigenvalue weighted by molar-refractivity contribution is 4.79. The normalized spacial score (nSPS) is 21.8. The van der Waals surface area contributed by atoms with Crippen molar-refractivity contribution in [1.29, 1.82) is 0 Å². The molecule has 0 saturated carbocycles. The van der Waals surface area contributed by atoms with E-state index in [1.807, 2.05) is 6.92 Å². The molecule has 2 unspecified atom stereocenters. The zero-order valence-electron chi connectivity index (χ0n) is 13.3. The summed E-state index contributed by atoms with van der Waals surface area (Å²) in [4.78, 5) is 2.51. The fourth-order valence-electron chi connectivity index (χ4n) is 2.49. The van der Waals surface area contributed by atoms with Crippen LogP contribution < -0.4 is 5.32 Å². The van der Waals surface area contributed by atoms with Crippen molar-refractivity contribution >= 4 is 0 Å². The number of ether oxygens (including phenoxy) is 2. The first-order chi connectivity index (χ1) is 9.63. The topological polar surface area (TPSA) is 54.0 Å². The van der Waals surface area contributed by atoms with Crippen LogP contribution >= 0.6 is 0 Å². The molecule has 0 aliphatic carbocycles. The second-order valence-corrected chi connectivity index (χ2v) is 5.83. The van der Waals surface area contributed by atoms with E-state index < -0.39 is 6.10 Å². The quantitative estimate of drug-likeness (QED) is 0.549. The third-order valence-electron chi connectivity index (χ3n) is 3.75. The third kappa shape index (κ3) is 7.55. The maximum atomic E-state index is 9.78. The van der Waals surface area contributed by atoms with Gasteiger partial charge < -0.3 is 24.8 Å². The lowest BCUT2D eigenvalue weighted by Gasteiger charge is -2.20. The van der Waals surface area contributed by atoms with Crippen molar-refractivity contribution in [3.63, 3.8) is 0 Å². The van der Waals surface area contributed by atoms with Gasteiger partial charge in [-0.1, -0.05) is 0 Å². The molecule has 0 aromatic heterocycles. The van der Waals surface area contributed by atoms with Crippen molar-refractivity contribution in [3.05, 3.63) is 0 Å². The molecule has 2 atom stereocenters. The molecule has 1 aliphatic rings. The zero-order valence-corrected chi connectivity index (χ0v) is 13.3. The fraction of sp³-hybridized carbons (Fsp3) is 1.00. The molecule has 1 rings (SSSR count). The van der Waals surface area contributed by atoms with E-state index in [9.17, 15) is 5.11 Å². The van der Waals surface area contributed by atoms with Gasteiger partial charge in [-0.2, -0.15) is 0 Å². The van der Waals surface area contributed by atoms with E-state index in [4.69, 9.17) is 9.47 Å². The molecule has 20 heavy (non-hydrogen) atoms. The van der Waals surface area contributed by atoms with Gasteiger partial charge in [0.15, 0.2) is 0 Å². The monoisotopic (exact) mass is 288 g/mol. The molecule has 5 nitrogen and oxygen atoms in total. The SMILES string of the molecule is CCOCCOCC(O)CNCC1CCN(C(C)C)C1. The molecule has 0 bridgehead atoms. The lowest BCUT2D eigenvalue weighted by atomic mass is 10.1. The van der Waals surface area contributed by atoms with Crippen molar-refractivity contribution in [2.45, 2.75) is 39.3 Å². The van der Waals surface area contributed by atoms with Gasteiger partial charge in [0.25, 0.3) is 0 Å². The van der Waals surface area contributed by atoms with Gasteiger partial charge in [-0.05, 0) is 46.2 Å². The van der Waals surface area contributed by atoms with E-state index in [1.54, 1.807) is 0 Å². The smallest absolute Gasteiger partial charge is 0.0897 e. The number of nitrogens with one attached hydrogen (secondary N) is 1. The second-order valence-electron chi connectivity index (χ2n) is 5.83. The highest BCUT2D eigenvalue weighted by atomic mass is 16.5. The molecular formula is C15H32N2O3. The highest BCUT2D eigenvalue weighted by Gasteiger charge is 2.23. The standard InChI is InChI=1S/C15H32N2O3/c1-4-19-7-8-20-12-15(18)10-16-9-14-5-6-17(11-14)13(2)3/h13-16,18H,4-12H2,1-3H3. The summed E-state index contributed by atoms with van der Waals surface area (Å²) in [7, 11) is 0. The summed E-state index contributed by atoms with van der Waals surface area (Å²) in [6, 6.07) is 0.643. The van der Waals surface area contributed by atoms with Gasteiger partial charge in [0, 0.05) is 25.7 Å². The Hall–Kier alpha value is -0.200. The Bertz CT molecular complexity index is 239. The Morgan fingerprint density at radius 3 is 2.70 bits per heavy atom. The van der Waals surface area contributed by atoms with Crippen molar-refractivity contribution < 1.29 is 14.6 Å². The lowest BCUT2D eigenvalue weighted by Crippen LogP contribution is -2.35. The number of hydrogen-bond acceptors (Lipinski definition) is 5. The fourth-order valence-corrected chi connectivity index (χ4v) is 2.49. The highest BCUT2D eigenvalue weighted by Crippen LogP contribution is 2.17. The molecule has 1 saturated heterocycles. The minimum atomic E-state index is -0.431. The molecule has 2 N–H and O–H groups in total. The zero-order chi connectivity index (χ0) is 14.8. The van der Waals surface area contributed by atoms with E-state index in [2.05, 4.69) is 24.1 Å². The van der Waals surface area contributed by atoms with Gasteiger partial charge in [0.05, 0.1) is 25.9 Å². The van der Waals surface area contributed by atoms with Crippen LogP contribution in [-0.4, -0.2) is 74.8 Å². The first-order valence-corrected chi connectivity index (χ1v) is 7.91. The number of hydrogen-bond donors (Lipinski definition) is 2. The Labute approximate surface area is 123 Å². The van der Waals surface area contributed by atoms with Gasteiger partial charge in [-0.3, -0.25) is 0 Å². The molecule has 0 aromatic carbocycles. The molecule has 0 spiro atoms. The molecule has 0 aromatic rings. The Morgan fingerprint density at radius 2 is 2.05 bits per heavy atom. The number of aliphatic hydroxyl groups is 1. The summed E-state index contributed by atoms with van der Waals surface area (Å²) in [5.74, 6) is 0.712. The van der Waals surface area contributed by atoms with Crippen LogP contribution in [0, 0.1) is 5.92 Å². The summed E-state index contributed by atoms with van der Waals surface area (Å²) in [5.41, 5.74) is 0. The summed E-state index contributed by atoms with van der Waals surface area (Å²) in [6.07, 6.45) is 0.825. The molecule has 0 radical (unpaired) electrons. The van der Waals surface area contributed by atoms with Crippen LogP contribution in [0.2, 0.25) is 0 Å². The molecule has 1 aliphatic heterocycles. The molecule has 5 heteroatoms. The van der Waals surface area contributed by atoms with E-state index in [1.165, 1.54) is 19.5 Å². The van der Waals surface area contributed by atoms with Gasteiger partial charge >= 0.3 is 0 Å². The molecule has 0 amide bonds. The Balaban J connectivity index is 1.95. The first kappa shape index (κ1) is 17.9. The van der Waals surface area contributed by atoms with Gasteiger partial charge in [0.1, 0.15) is 0 Å². The average Bonchev–Trinajstić information content (AvgIpc) is 2.87. The minimum Gasteiger partial charge on any atom is -0.389 e. The van der Waals surface area contributed by atoms with Crippen LogP contribution in [-0.2, 0) is 9.47 Å². The summed E-state index contributed by atoms with van der Waals surface area (Å²) >= 11 is 0. The van der Waals surface area contributed by atoms with Crippen LogP contribution in [0.1, 0.15) is 27.2 Å². The van der Waals surface area contributed by atoms with Crippen LogP contribution in [0.25, 0.3) is 0 Å². The van der Waals surface area contributed by atoms with Gasteiger partial charge in [-0.25, -0.2) is 0 Å².